The van der Waals surface area contributed by atoms with Crippen LogP contribution in [0.15, 0.2) is 17.5 Å². The molecule has 1 heterocycles. The number of phenolic OH excluding ortho intramolecular Hbond substituents is 1. The van der Waals surface area contributed by atoms with Crippen LogP contribution in [-0.2, 0) is 0 Å². The predicted octanol–water partition coefficient (Wildman–Crippen LogP) is 2.82. The lowest BCUT2D eigenvalue weighted by Gasteiger charge is -1.98. The maximum Gasteiger partial charge on any atom is 0.291 e. The number of hydrogen-bond donors (Lipinski definition) is 1. The number of rotatable bonds is 1. The fourth-order valence-electron chi connectivity index (χ4n) is 1.34. The fourth-order valence-corrected chi connectivity index (χ4v) is 2.24. The Balaban J connectivity index is 2.89. The number of benzene rings is 1. The van der Waals surface area contributed by atoms with E-state index in [1.807, 2.05) is 0 Å². The van der Waals surface area contributed by atoms with Crippen LogP contribution in [0.25, 0.3) is 10.1 Å². The van der Waals surface area contributed by atoms with E-state index < -0.39 is 4.92 Å². The molecule has 0 saturated carbocycles. The second kappa shape index (κ2) is 2.95. The summed E-state index contributed by atoms with van der Waals surface area (Å²) in [6.45, 7) is 1.72. The molecule has 1 N–H and O–H groups in total. The van der Waals surface area contributed by atoms with Crippen molar-refractivity contribution in [2.24, 2.45) is 0 Å². The summed E-state index contributed by atoms with van der Waals surface area (Å²) in [5.74, 6) is 0.00968. The molecule has 2 aromatic rings. The van der Waals surface area contributed by atoms with E-state index in [9.17, 15) is 15.2 Å². The molecule has 0 aliphatic heterocycles. The molecule has 14 heavy (non-hydrogen) atoms. The van der Waals surface area contributed by atoms with Crippen molar-refractivity contribution >= 4 is 27.1 Å². The summed E-state index contributed by atoms with van der Waals surface area (Å²) < 4.78 is 0.736. The third kappa shape index (κ3) is 1.13. The molecule has 0 amide bonds. The molecule has 4 nitrogen and oxygen atoms in total. The minimum Gasteiger partial charge on any atom is -0.507 e. The first-order valence-electron chi connectivity index (χ1n) is 3.95. The summed E-state index contributed by atoms with van der Waals surface area (Å²) in [4.78, 5) is 10.2. The molecule has 0 aliphatic carbocycles. The summed E-state index contributed by atoms with van der Waals surface area (Å²) in [7, 11) is 0. The summed E-state index contributed by atoms with van der Waals surface area (Å²) in [5.41, 5.74) is 0.630. The summed E-state index contributed by atoms with van der Waals surface area (Å²) in [6.07, 6.45) is 0. The lowest BCUT2D eigenvalue weighted by molar-refractivity contribution is -0.382. The minimum atomic E-state index is -0.474. The van der Waals surface area contributed by atoms with Crippen molar-refractivity contribution in [2.45, 2.75) is 6.92 Å². The Morgan fingerprint density at radius 1 is 1.50 bits per heavy atom. The van der Waals surface area contributed by atoms with E-state index in [1.165, 1.54) is 16.7 Å². The third-order valence-electron chi connectivity index (χ3n) is 2.09. The number of aryl methyl sites for hydroxylation is 1. The molecule has 5 heteroatoms. The Morgan fingerprint density at radius 3 is 2.86 bits per heavy atom. The van der Waals surface area contributed by atoms with Crippen molar-refractivity contribution in [3.63, 3.8) is 0 Å². The summed E-state index contributed by atoms with van der Waals surface area (Å²) in [5, 5.41) is 22.1. The van der Waals surface area contributed by atoms with Gasteiger partial charge in [0.2, 0.25) is 0 Å². The summed E-state index contributed by atoms with van der Waals surface area (Å²) >= 11 is 1.26. The molecule has 0 unspecified atom stereocenters. The molecular weight excluding hydrogens is 202 g/mol. The topological polar surface area (TPSA) is 63.4 Å². The van der Waals surface area contributed by atoms with Crippen LogP contribution >= 0.6 is 11.3 Å². The standard InChI is InChI=1S/C9H7NO3S/c1-5-2-3-7-8(9(5)11)6(4-14-7)10(12)13/h2-4,11H,1H3. The van der Waals surface area contributed by atoms with E-state index in [0.29, 0.717) is 10.9 Å². The first-order valence-corrected chi connectivity index (χ1v) is 4.83. The second-order valence-corrected chi connectivity index (χ2v) is 3.89. The number of phenols is 1. The molecule has 2 rings (SSSR count). The zero-order chi connectivity index (χ0) is 10.3. The fraction of sp³-hybridized carbons (Fsp3) is 0.111. The zero-order valence-electron chi connectivity index (χ0n) is 7.35. The number of thiophene rings is 1. The number of hydrogen-bond acceptors (Lipinski definition) is 4. The number of nitro groups is 1. The molecule has 0 aliphatic rings. The Labute approximate surface area is 83.6 Å². The van der Waals surface area contributed by atoms with Crippen molar-refractivity contribution in [3.05, 3.63) is 33.2 Å². The molecule has 1 aromatic carbocycles. The molecule has 0 radical (unpaired) electrons. The van der Waals surface area contributed by atoms with Crippen molar-refractivity contribution < 1.29 is 10.0 Å². The highest BCUT2D eigenvalue weighted by Crippen LogP contribution is 2.39. The van der Waals surface area contributed by atoms with E-state index in [4.69, 9.17) is 0 Å². The highest BCUT2D eigenvalue weighted by Gasteiger charge is 2.18. The average Bonchev–Trinajstić information content (AvgIpc) is 2.55. The van der Waals surface area contributed by atoms with Crippen LogP contribution < -0.4 is 0 Å². The van der Waals surface area contributed by atoms with E-state index >= 15 is 0 Å². The quantitative estimate of drug-likeness (QED) is 0.580. The normalized spacial score (nSPS) is 10.6. The van der Waals surface area contributed by atoms with Crippen LogP contribution in [0.3, 0.4) is 0 Å². The average molecular weight is 209 g/mol. The SMILES string of the molecule is Cc1ccc2scc([N+](=O)[O-])c2c1O. The maximum absolute atomic E-state index is 10.6. The third-order valence-corrected chi connectivity index (χ3v) is 3.03. The zero-order valence-corrected chi connectivity index (χ0v) is 8.17. The Hall–Kier alpha value is -1.62. The van der Waals surface area contributed by atoms with Gasteiger partial charge in [-0.3, -0.25) is 10.1 Å². The van der Waals surface area contributed by atoms with Crippen LogP contribution in [0.4, 0.5) is 5.69 Å². The first-order chi connectivity index (χ1) is 6.61. The van der Waals surface area contributed by atoms with Crippen molar-refractivity contribution in [1.82, 2.24) is 0 Å². The molecule has 1 aromatic heterocycles. The lowest BCUT2D eigenvalue weighted by Crippen LogP contribution is -1.86. The minimum absolute atomic E-state index is 0.00968. The van der Waals surface area contributed by atoms with Gasteiger partial charge in [0.05, 0.1) is 10.3 Å². The second-order valence-electron chi connectivity index (χ2n) is 2.98. The highest BCUT2D eigenvalue weighted by atomic mass is 32.1. The van der Waals surface area contributed by atoms with Crippen LogP contribution in [0, 0.1) is 17.0 Å². The van der Waals surface area contributed by atoms with E-state index in [2.05, 4.69) is 0 Å². The van der Waals surface area contributed by atoms with Gasteiger partial charge in [0.1, 0.15) is 11.1 Å². The van der Waals surface area contributed by atoms with Gasteiger partial charge in [-0.25, -0.2) is 0 Å². The van der Waals surface area contributed by atoms with Gasteiger partial charge >= 0.3 is 0 Å². The predicted molar refractivity (Wildman–Crippen MR) is 54.9 cm³/mol. The monoisotopic (exact) mass is 209 g/mol. The highest BCUT2D eigenvalue weighted by molar-refractivity contribution is 7.17. The molecule has 0 bridgehead atoms. The molecule has 0 spiro atoms. The van der Waals surface area contributed by atoms with Gasteiger partial charge in [-0.15, -0.1) is 11.3 Å². The Kier molecular flexibility index (Phi) is 1.89. The van der Waals surface area contributed by atoms with Crippen molar-refractivity contribution in [1.29, 1.82) is 0 Å². The van der Waals surface area contributed by atoms with Crippen molar-refractivity contribution in [3.8, 4) is 5.75 Å². The van der Waals surface area contributed by atoms with Gasteiger partial charge < -0.3 is 5.11 Å². The van der Waals surface area contributed by atoms with Crippen molar-refractivity contribution in [2.75, 3.05) is 0 Å². The molecule has 72 valence electrons. The van der Waals surface area contributed by atoms with E-state index in [1.54, 1.807) is 19.1 Å². The van der Waals surface area contributed by atoms with Crippen LogP contribution in [0.1, 0.15) is 5.56 Å². The van der Waals surface area contributed by atoms with Gasteiger partial charge in [0.15, 0.2) is 0 Å². The Morgan fingerprint density at radius 2 is 2.21 bits per heavy atom. The molecular formula is C9H7NO3S. The van der Waals surface area contributed by atoms with Gasteiger partial charge in [0.25, 0.3) is 5.69 Å². The van der Waals surface area contributed by atoms with E-state index in [-0.39, 0.29) is 11.4 Å². The number of fused-ring (bicyclic) bond motifs is 1. The molecule has 0 fully saturated rings. The van der Waals surface area contributed by atoms with Crippen LogP contribution in [0.2, 0.25) is 0 Å². The largest absolute Gasteiger partial charge is 0.507 e. The summed E-state index contributed by atoms with van der Waals surface area (Å²) in [6, 6.07) is 3.53. The molecule has 0 atom stereocenters. The van der Waals surface area contributed by atoms with Gasteiger partial charge in [0, 0.05) is 4.70 Å². The first kappa shape index (κ1) is 8.96. The number of nitrogens with zero attached hydrogens (tertiary/aromatic N) is 1. The van der Waals surface area contributed by atoms with Gasteiger partial charge in [-0.05, 0) is 18.6 Å². The van der Waals surface area contributed by atoms with E-state index in [0.717, 1.165) is 4.70 Å². The lowest BCUT2D eigenvalue weighted by atomic mass is 10.1. The van der Waals surface area contributed by atoms with Gasteiger partial charge in [-0.2, -0.15) is 0 Å². The smallest absolute Gasteiger partial charge is 0.291 e. The van der Waals surface area contributed by atoms with Crippen LogP contribution in [-0.4, -0.2) is 10.0 Å². The maximum atomic E-state index is 10.6. The molecule has 0 saturated heterocycles. The van der Waals surface area contributed by atoms with Crippen LogP contribution in [0.5, 0.6) is 5.75 Å². The van der Waals surface area contributed by atoms with Gasteiger partial charge in [-0.1, -0.05) is 6.07 Å². The Bertz CT molecular complexity index is 518. The number of aromatic hydroxyl groups is 1.